The normalized spacial score (nSPS) is 11.5. The van der Waals surface area contributed by atoms with Crippen LogP contribution in [0.1, 0.15) is 5.56 Å². The summed E-state index contributed by atoms with van der Waals surface area (Å²) in [4.78, 5) is 12.2. The molecule has 0 saturated heterocycles. The van der Waals surface area contributed by atoms with Crippen LogP contribution in [-0.4, -0.2) is 52.2 Å². The number of methoxy groups -OCH3 is 1. The van der Waals surface area contributed by atoms with Crippen molar-refractivity contribution >= 4 is 38.1 Å². The van der Waals surface area contributed by atoms with Gasteiger partial charge in [0, 0.05) is 11.5 Å². The van der Waals surface area contributed by atoms with Gasteiger partial charge in [0.25, 0.3) is 5.91 Å². The Morgan fingerprint density at radius 3 is 2.57 bits per heavy atom. The highest BCUT2D eigenvalue weighted by atomic mass is 79.9. The van der Waals surface area contributed by atoms with E-state index in [-0.39, 0.29) is 11.4 Å². The lowest BCUT2D eigenvalue weighted by atomic mass is 10.2. The molecular weight excluding hydrogens is 474 g/mol. The first-order valence-electron chi connectivity index (χ1n) is 8.73. The van der Waals surface area contributed by atoms with Crippen LogP contribution < -0.4 is 14.9 Å². The van der Waals surface area contributed by atoms with Crippen LogP contribution in [0.5, 0.6) is 11.5 Å². The molecule has 0 spiro atoms. The van der Waals surface area contributed by atoms with Gasteiger partial charge in [0.15, 0.2) is 11.5 Å². The minimum atomic E-state index is -3.79. The second-order valence-corrected chi connectivity index (χ2v) is 8.98. The SMILES string of the molecule is C=CCOc1ccc(/C=N\NC(=O)CN(C)S(=O)(=O)c2ccc(Br)cc2)cc1OC. The van der Waals surface area contributed by atoms with Crippen molar-refractivity contribution in [3.63, 3.8) is 0 Å². The molecule has 0 unspecified atom stereocenters. The van der Waals surface area contributed by atoms with Crippen LogP contribution in [0.25, 0.3) is 0 Å². The summed E-state index contributed by atoms with van der Waals surface area (Å²) in [5.41, 5.74) is 2.97. The summed E-state index contributed by atoms with van der Waals surface area (Å²) in [6.07, 6.45) is 3.04. The Balaban J connectivity index is 1.97. The summed E-state index contributed by atoms with van der Waals surface area (Å²) in [5, 5.41) is 3.86. The predicted molar refractivity (Wildman–Crippen MR) is 118 cm³/mol. The quantitative estimate of drug-likeness (QED) is 0.310. The molecule has 2 aromatic carbocycles. The average Bonchev–Trinajstić information content (AvgIpc) is 2.72. The van der Waals surface area contributed by atoms with Crippen molar-refractivity contribution in [1.82, 2.24) is 9.73 Å². The molecule has 10 heteroatoms. The number of hydrogen-bond donors (Lipinski definition) is 1. The number of hydrogen-bond acceptors (Lipinski definition) is 6. The number of amides is 1. The Labute approximate surface area is 184 Å². The maximum absolute atomic E-state index is 12.5. The fraction of sp³-hybridized carbons (Fsp3) is 0.200. The summed E-state index contributed by atoms with van der Waals surface area (Å²) in [7, 11) is -0.946. The average molecular weight is 496 g/mol. The van der Waals surface area contributed by atoms with Gasteiger partial charge >= 0.3 is 0 Å². The zero-order valence-electron chi connectivity index (χ0n) is 16.5. The van der Waals surface area contributed by atoms with Gasteiger partial charge in [-0.1, -0.05) is 28.6 Å². The van der Waals surface area contributed by atoms with E-state index in [0.29, 0.717) is 23.7 Å². The monoisotopic (exact) mass is 495 g/mol. The van der Waals surface area contributed by atoms with Crippen LogP contribution >= 0.6 is 15.9 Å². The molecule has 0 aliphatic heterocycles. The molecule has 0 bridgehead atoms. The van der Waals surface area contributed by atoms with E-state index in [9.17, 15) is 13.2 Å². The van der Waals surface area contributed by atoms with E-state index >= 15 is 0 Å². The van der Waals surface area contributed by atoms with Crippen LogP contribution in [0.4, 0.5) is 0 Å². The van der Waals surface area contributed by atoms with Crippen molar-refractivity contribution in [3.8, 4) is 11.5 Å². The number of sulfonamides is 1. The molecule has 1 N–H and O–H groups in total. The van der Waals surface area contributed by atoms with E-state index in [2.05, 4.69) is 33.0 Å². The van der Waals surface area contributed by atoms with E-state index in [1.54, 1.807) is 36.4 Å². The van der Waals surface area contributed by atoms with Gasteiger partial charge in [0.1, 0.15) is 6.61 Å². The summed E-state index contributed by atoms with van der Waals surface area (Å²) in [6, 6.07) is 11.3. The molecule has 8 nitrogen and oxygen atoms in total. The number of rotatable bonds is 10. The van der Waals surface area contributed by atoms with Gasteiger partial charge in [0.05, 0.1) is 24.8 Å². The Morgan fingerprint density at radius 2 is 1.93 bits per heavy atom. The van der Waals surface area contributed by atoms with Crippen molar-refractivity contribution in [2.75, 3.05) is 27.3 Å². The van der Waals surface area contributed by atoms with Gasteiger partial charge in [-0.15, -0.1) is 0 Å². The van der Waals surface area contributed by atoms with Crippen LogP contribution in [0, 0.1) is 0 Å². The first-order chi connectivity index (χ1) is 14.3. The highest BCUT2D eigenvalue weighted by molar-refractivity contribution is 9.10. The van der Waals surface area contributed by atoms with Crippen LogP contribution in [0.15, 0.2) is 69.6 Å². The Bertz CT molecular complexity index is 1020. The summed E-state index contributed by atoms with van der Waals surface area (Å²) in [6.45, 7) is 3.55. The molecule has 0 saturated carbocycles. The molecule has 30 heavy (non-hydrogen) atoms. The number of nitrogens with one attached hydrogen (secondary N) is 1. The van der Waals surface area contributed by atoms with E-state index in [0.717, 1.165) is 8.78 Å². The molecule has 0 aromatic heterocycles. The van der Waals surface area contributed by atoms with E-state index in [1.807, 2.05) is 0 Å². The molecule has 2 rings (SSSR count). The zero-order valence-corrected chi connectivity index (χ0v) is 18.9. The number of hydrazone groups is 1. The Kier molecular flexibility index (Phi) is 8.58. The molecule has 160 valence electrons. The molecular formula is C20H22BrN3O5S. The number of benzene rings is 2. The topological polar surface area (TPSA) is 97.3 Å². The Morgan fingerprint density at radius 1 is 1.23 bits per heavy atom. The van der Waals surface area contributed by atoms with E-state index < -0.39 is 15.9 Å². The molecule has 0 aliphatic carbocycles. The third kappa shape index (κ3) is 6.41. The molecule has 0 aliphatic rings. The van der Waals surface area contributed by atoms with Crippen LogP contribution in [0.2, 0.25) is 0 Å². The first kappa shape index (κ1) is 23.6. The summed E-state index contributed by atoms with van der Waals surface area (Å²) >= 11 is 3.25. The minimum Gasteiger partial charge on any atom is -0.493 e. The molecule has 2 aromatic rings. The minimum absolute atomic E-state index is 0.0929. The summed E-state index contributed by atoms with van der Waals surface area (Å²) < 4.78 is 37.5. The van der Waals surface area contributed by atoms with E-state index in [4.69, 9.17) is 9.47 Å². The maximum atomic E-state index is 12.5. The van der Waals surface area contributed by atoms with Crippen molar-refractivity contribution in [2.45, 2.75) is 4.90 Å². The fourth-order valence-electron chi connectivity index (χ4n) is 2.32. The number of halogens is 1. The van der Waals surface area contributed by atoms with E-state index in [1.165, 1.54) is 32.5 Å². The number of ether oxygens (including phenoxy) is 2. The van der Waals surface area contributed by atoms with Crippen molar-refractivity contribution in [2.24, 2.45) is 5.10 Å². The summed E-state index contributed by atoms with van der Waals surface area (Å²) in [5.74, 6) is 0.484. The van der Waals surface area contributed by atoms with Crippen molar-refractivity contribution in [3.05, 3.63) is 65.2 Å². The van der Waals surface area contributed by atoms with Gasteiger partial charge in [-0.3, -0.25) is 4.79 Å². The molecule has 1 amide bonds. The largest absolute Gasteiger partial charge is 0.493 e. The second-order valence-electron chi connectivity index (χ2n) is 6.02. The van der Waals surface area contributed by atoms with Crippen LogP contribution in [-0.2, 0) is 14.8 Å². The first-order valence-corrected chi connectivity index (χ1v) is 11.0. The molecule has 0 atom stereocenters. The zero-order chi connectivity index (χ0) is 22.1. The number of carbonyl (C=O) groups is 1. The lowest BCUT2D eigenvalue weighted by molar-refractivity contribution is -0.121. The lowest BCUT2D eigenvalue weighted by Gasteiger charge is -2.16. The van der Waals surface area contributed by atoms with Gasteiger partial charge in [-0.05, 0) is 48.0 Å². The smallest absolute Gasteiger partial charge is 0.255 e. The van der Waals surface area contributed by atoms with Gasteiger partial charge in [0.2, 0.25) is 10.0 Å². The predicted octanol–water partition coefficient (Wildman–Crippen LogP) is 2.79. The third-order valence-electron chi connectivity index (χ3n) is 3.84. The number of likely N-dealkylation sites (N-methyl/N-ethyl adjacent to an activating group) is 1. The highest BCUT2D eigenvalue weighted by Crippen LogP contribution is 2.27. The van der Waals surface area contributed by atoms with Crippen LogP contribution in [0.3, 0.4) is 0 Å². The van der Waals surface area contributed by atoms with Crippen molar-refractivity contribution in [1.29, 1.82) is 0 Å². The van der Waals surface area contributed by atoms with Gasteiger partial charge < -0.3 is 9.47 Å². The lowest BCUT2D eigenvalue weighted by Crippen LogP contribution is -2.36. The molecule has 0 fully saturated rings. The fourth-order valence-corrected chi connectivity index (χ4v) is 3.71. The van der Waals surface area contributed by atoms with Crippen molar-refractivity contribution < 1.29 is 22.7 Å². The molecule has 0 radical (unpaired) electrons. The van der Waals surface area contributed by atoms with Gasteiger partial charge in [-0.2, -0.15) is 9.41 Å². The highest BCUT2D eigenvalue weighted by Gasteiger charge is 2.22. The number of carbonyl (C=O) groups excluding carboxylic acids is 1. The molecule has 0 heterocycles. The van der Waals surface area contributed by atoms with Gasteiger partial charge in [-0.25, -0.2) is 13.8 Å². The number of nitrogens with zero attached hydrogens (tertiary/aromatic N) is 2. The third-order valence-corrected chi connectivity index (χ3v) is 6.18. The standard InChI is InChI=1S/C20H22BrN3O5S/c1-4-11-29-18-10-5-15(12-19(18)28-3)13-22-23-20(25)14-24(2)30(26,27)17-8-6-16(21)7-9-17/h4-10,12-13H,1,11,14H2,2-3H3,(H,23,25)/b22-13-. The Hall–Kier alpha value is -2.69. The maximum Gasteiger partial charge on any atom is 0.255 e. The second kappa shape index (κ2) is 10.9.